The quantitative estimate of drug-likeness (QED) is 0.684. The van der Waals surface area contributed by atoms with E-state index in [4.69, 9.17) is 4.74 Å². The van der Waals surface area contributed by atoms with Gasteiger partial charge in [0.2, 0.25) is 5.91 Å². The summed E-state index contributed by atoms with van der Waals surface area (Å²) in [6.45, 7) is 5.71. The second-order valence-electron chi connectivity index (χ2n) is 10.4. The van der Waals surface area contributed by atoms with E-state index in [2.05, 4.69) is 29.4 Å². The Bertz CT molecular complexity index is 1100. The zero-order valence-electron chi connectivity index (χ0n) is 20.0. The third-order valence-electron chi connectivity index (χ3n) is 6.98. The van der Waals surface area contributed by atoms with Gasteiger partial charge in [0, 0.05) is 30.8 Å². The maximum atomic E-state index is 13.6. The van der Waals surface area contributed by atoms with Gasteiger partial charge in [-0.3, -0.25) is 9.59 Å². The van der Waals surface area contributed by atoms with Crippen LogP contribution in [0.25, 0.3) is 0 Å². The number of hydrogen-bond donors (Lipinski definition) is 2. The number of allylic oxidation sites excluding steroid dienone is 1. The van der Waals surface area contributed by atoms with Crippen LogP contribution >= 0.6 is 0 Å². The molecule has 0 unspecified atom stereocenters. The SMILES string of the molecule is CC1(C)CC(=O)C2=C(C1)Nc1ccccc1N(CC(=O)NC[C@H]1CCCO1)[C@H]2c1ccccc1. The van der Waals surface area contributed by atoms with E-state index in [0.717, 1.165) is 54.1 Å². The molecule has 2 aromatic carbocycles. The molecule has 2 aliphatic heterocycles. The number of fused-ring (bicyclic) bond motifs is 1. The van der Waals surface area contributed by atoms with Crippen LogP contribution in [0.2, 0.25) is 0 Å². The number of hydrogen-bond acceptors (Lipinski definition) is 5. The van der Waals surface area contributed by atoms with Crippen LogP contribution < -0.4 is 15.5 Å². The molecule has 0 bridgehead atoms. The average Bonchev–Trinajstić information content (AvgIpc) is 3.29. The van der Waals surface area contributed by atoms with Crippen molar-refractivity contribution < 1.29 is 14.3 Å². The van der Waals surface area contributed by atoms with Crippen molar-refractivity contribution in [3.63, 3.8) is 0 Å². The number of para-hydroxylation sites is 2. The minimum atomic E-state index is -0.343. The molecule has 6 nitrogen and oxygen atoms in total. The van der Waals surface area contributed by atoms with Gasteiger partial charge in [0.05, 0.1) is 30.1 Å². The van der Waals surface area contributed by atoms with Crippen molar-refractivity contribution >= 4 is 23.1 Å². The Kier molecular flexibility index (Phi) is 6.17. The third kappa shape index (κ3) is 4.60. The van der Waals surface area contributed by atoms with E-state index < -0.39 is 0 Å². The van der Waals surface area contributed by atoms with E-state index in [0.29, 0.717) is 13.0 Å². The van der Waals surface area contributed by atoms with Gasteiger partial charge in [0.15, 0.2) is 5.78 Å². The normalized spacial score (nSPS) is 23.6. The van der Waals surface area contributed by atoms with Gasteiger partial charge in [-0.15, -0.1) is 0 Å². The Labute approximate surface area is 201 Å². The molecule has 1 saturated heterocycles. The topological polar surface area (TPSA) is 70.7 Å². The molecule has 2 heterocycles. The van der Waals surface area contributed by atoms with Crippen LogP contribution in [0.15, 0.2) is 65.9 Å². The summed E-state index contributed by atoms with van der Waals surface area (Å²) in [5.74, 6) is 0.0732. The molecule has 34 heavy (non-hydrogen) atoms. The lowest BCUT2D eigenvalue weighted by atomic mass is 9.73. The molecule has 1 aliphatic carbocycles. The lowest BCUT2D eigenvalue weighted by Gasteiger charge is -2.37. The number of carbonyl (C=O) groups excluding carboxylic acids is 2. The second-order valence-corrected chi connectivity index (χ2v) is 10.4. The smallest absolute Gasteiger partial charge is 0.239 e. The molecule has 0 spiro atoms. The van der Waals surface area contributed by atoms with Crippen LogP contribution in [0.3, 0.4) is 0 Å². The second kappa shape index (κ2) is 9.26. The Morgan fingerprint density at radius 3 is 2.65 bits per heavy atom. The fourth-order valence-electron chi connectivity index (χ4n) is 5.45. The number of Topliss-reactive ketones (excluding diaryl/α,β-unsaturated/α-hetero) is 1. The Balaban J connectivity index is 1.56. The lowest BCUT2D eigenvalue weighted by Crippen LogP contribution is -2.43. The largest absolute Gasteiger partial charge is 0.376 e. The summed E-state index contributed by atoms with van der Waals surface area (Å²) < 4.78 is 5.67. The number of ether oxygens (including phenoxy) is 1. The van der Waals surface area contributed by atoms with Crippen LogP contribution in [0.1, 0.15) is 51.1 Å². The van der Waals surface area contributed by atoms with Crippen LogP contribution in [-0.4, -0.2) is 37.5 Å². The molecule has 2 N–H and O–H groups in total. The van der Waals surface area contributed by atoms with Crippen molar-refractivity contribution in [2.75, 3.05) is 29.9 Å². The van der Waals surface area contributed by atoms with Gasteiger partial charge in [0.1, 0.15) is 0 Å². The van der Waals surface area contributed by atoms with Crippen molar-refractivity contribution in [1.82, 2.24) is 5.32 Å². The van der Waals surface area contributed by atoms with E-state index in [1.165, 1.54) is 0 Å². The number of nitrogens with one attached hydrogen (secondary N) is 2. The van der Waals surface area contributed by atoms with Gasteiger partial charge in [0.25, 0.3) is 0 Å². The zero-order chi connectivity index (χ0) is 23.7. The van der Waals surface area contributed by atoms with Crippen molar-refractivity contribution in [3.8, 4) is 0 Å². The van der Waals surface area contributed by atoms with E-state index in [1.807, 2.05) is 54.6 Å². The van der Waals surface area contributed by atoms with Gasteiger partial charge in [-0.1, -0.05) is 56.3 Å². The summed E-state index contributed by atoms with van der Waals surface area (Å²) in [5.41, 5.74) is 4.47. The van der Waals surface area contributed by atoms with Crippen LogP contribution in [0.5, 0.6) is 0 Å². The maximum Gasteiger partial charge on any atom is 0.239 e. The summed E-state index contributed by atoms with van der Waals surface area (Å²) >= 11 is 0. The predicted molar refractivity (Wildman–Crippen MR) is 134 cm³/mol. The first kappa shape index (κ1) is 22.7. The molecule has 2 aromatic rings. The summed E-state index contributed by atoms with van der Waals surface area (Å²) in [6, 6.07) is 17.7. The fraction of sp³-hybridized carbons (Fsp3) is 0.429. The van der Waals surface area contributed by atoms with Gasteiger partial charge in [-0.05, 0) is 42.4 Å². The Morgan fingerprint density at radius 1 is 1.12 bits per heavy atom. The number of anilines is 2. The predicted octanol–water partition coefficient (Wildman–Crippen LogP) is 4.60. The number of amides is 1. The first-order chi connectivity index (χ1) is 16.4. The van der Waals surface area contributed by atoms with Crippen LogP contribution in [-0.2, 0) is 14.3 Å². The number of benzene rings is 2. The number of ketones is 1. The molecule has 3 aliphatic rings. The molecule has 1 amide bonds. The highest BCUT2D eigenvalue weighted by Crippen LogP contribution is 2.48. The van der Waals surface area contributed by atoms with E-state index in [-0.39, 0.29) is 35.8 Å². The summed E-state index contributed by atoms with van der Waals surface area (Å²) in [7, 11) is 0. The highest BCUT2D eigenvalue weighted by Gasteiger charge is 2.41. The van der Waals surface area contributed by atoms with E-state index in [9.17, 15) is 9.59 Å². The molecule has 0 saturated carbocycles. The number of carbonyl (C=O) groups is 2. The van der Waals surface area contributed by atoms with E-state index in [1.54, 1.807) is 0 Å². The minimum Gasteiger partial charge on any atom is -0.376 e. The molecule has 6 heteroatoms. The Morgan fingerprint density at radius 2 is 1.88 bits per heavy atom. The monoisotopic (exact) mass is 459 g/mol. The zero-order valence-corrected chi connectivity index (χ0v) is 20.0. The van der Waals surface area contributed by atoms with E-state index >= 15 is 0 Å². The summed E-state index contributed by atoms with van der Waals surface area (Å²) in [4.78, 5) is 28.9. The molecule has 5 rings (SSSR count). The van der Waals surface area contributed by atoms with Gasteiger partial charge < -0.3 is 20.3 Å². The highest BCUT2D eigenvalue weighted by molar-refractivity contribution is 6.01. The standard InChI is InChI=1S/C28H33N3O3/c1-28(2)15-22-26(24(32)16-28)27(19-9-4-3-5-10-19)31(23-13-7-6-12-21(23)30-22)18-25(33)29-17-20-11-8-14-34-20/h3-7,9-10,12-13,20,27,30H,8,11,14-18H2,1-2H3,(H,29,33)/t20-,27+/m1/s1. The Hall–Kier alpha value is -3.12. The average molecular weight is 460 g/mol. The highest BCUT2D eigenvalue weighted by atomic mass is 16.5. The molecule has 0 aromatic heterocycles. The maximum absolute atomic E-state index is 13.6. The van der Waals surface area contributed by atoms with Crippen molar-refractivity contribution in [3.05, 3.63) is 71.4 Å². The van der Waals surface area contributed by atoms with Crippen LogP contribution in [0.4, 0.5) is 11.4 Å². The van der Waals surface area contributed by atoms with Crippen molar-refractivity contribution in [2.45, 2.75) is 51.7 Å². The molecule has 0 radical (unpaired) electrons. The van der Waals surface area contributed by atoms with Gasteiger partial charge in [-0.25, -0.2) is 0 Å². The molecular formula is C28H33N3O3. The lowest BCUT2D eigenvalue weighted by molar-refractivity contribution is -0.121. The number of rotatable bonds is 5. The van der Waals surface area contributed by atoms with Gasteiger partial charge >= 0.3 is 0 Å². The molecular weight excluding hydrogens is 426 g/mol. The fourth-order valence-corrected chi connectivity index (χ4v) is 5.45. The van der Waals surface area contributed by atoms with Gasteiger partial charge in [-0.2, -0.15) is 0 Å². The number of nitrogens with zero attached hydrogens (tertiary/aromatic N) is 1. The molecule has 2 atom stereocenters. The van der Waals surface area contributed by atoms with Crippen molar-refractivity contribution in [1.29, 1.82) is 0 Å². The molecule has 1 fully saturated rings. The molecule has 178 valence electrons. The first-order valence-electron chi connectivity index (χ1n) is 12.2. The summed E-state index contributed by atoms with van der Waals surface area (Å²) in [5, 5.41) is 6.66. The minimum absolute atomic E-state index is 0.0705. The first-order valence-corrected chi connectivity index (χ1v) is 12.2. The summed E-state index contributed by atoms with van der Waals surface area (Å²) in [6.07, 6.45) is 3.38. The third-order valence-corrected chi connectivity index (χ3v) is 6.98. The van der Waals surface area contributed by atoms with Crippen molar-refractivity contribution in [2.24, 2.45) is 5.41 Å². The van der Waals surface area contributed by atoms with Crippen LogP contribution in [0, 0.1) is 5.41 Å².